The van der Waals surface area contributed by atoms with Crippen molar-refractivity contribution in [1.29, 1.82) is 0 Å². The van der Waals surface area contributed by atoms with Crippen LogP contribution < -0.4 is 10.6 Å². The smallest absolute Gasteiger partial charge is 0.328 e. The summed E-state index contributed by atoms with van der Waals surface area (Å²) in [5, 5.41) is 4.83. The van der Waals surface area contributed by atoms with Crippen LogP contribution in [0.25, 0.3) is 0 Å². The topological polar surface area (TPSA) is 182 Å². The number of amides is 2. The fourth-order valence-corrected chi connectivity index (χ4v) is 3.28. The molecule has 0 aromatic rings. The summed E-state index contributed by atoms with van der Waals surface area (Å²) in [7, 11) is 1.16. The molecule has 2 amide bonds. The summed E-state index contributed by atoms with van der Waals surface area (Å²) < 4.78 is 31.2. The number of esters is 5. The van der Waals surface area contributed by atoms with Crippen LogP contribution in [0.15, 0.2) is 0 Å². The number of hydrogen-bond donors (Lipinski definition) is 2. The quantitative estimate of drug-likeness (QED) is 0.306. The Hall–Kier alpha value is -3.42. The molecule has 0 aromatic heterocycles. The summed E-state index contributed by atoms with van der Waals surface area (Å²) in [6.07, 6.45) is -6.98. The molecule has 0 spiro atoms. The zero-order valence-electron chi connectivity index (χ0n) is 20.6. The van der Waals surface area contributed by atoms with E-state index in [0.717, 1.165) is 34.8 Å². The van der Waals surface area contributed by atoms with E-state index in [4.69, 9.17) is 23.7 Å². The van der Waals surface area contributed by atoms with Crippen LogP contribution in [0.5, 0.6) is 0 Å². The molecule has 0 radical (unpaired) electrons. The van der Waals surface area contributed by atoms with Gasteiger partial charge >= 0.3 is 35.9 Å². The average molecular weight is 504 g/mol. The van der Waals surface area contributed by atoms with Crippen LogP contribution in [0.3, 0.4) is 0 Å². The minimum Gasteiger partial charge on any atom is -0.467 e. The Balaban J connectivity index is 3.33. The molecule has 2 N–H and O–H groups in total. The Morgan fingerprint density at radius 1 is 0.800 bits per heavy atom. The third-order valence-electron chi connectivity index (χ3n) is 4.67. The zero-order valence-corrected chi connectivity index (χ0v) is 20.6. The van der Waals surface area contributed by atoms with Gasteiger partial charge < -0.3 is 39.1 Å². The van der Waals surface area contributed by atoms with Crippen LogP contribution in [-0.4, -0.2) is 86.3 Å². The van der Waals surface area contributed by atoms with Gasteiger partial charge in [0.1, 0.15) is 18.8 Å². The number of urea groups is 1. The Bertz CT molecular complexity index is 814. The second-order valence-electron chi connectivity index (χ2n) is 7.98. The zero-order chi connectivity index (χ0) is 26.9. The number of hydrogen-bond acceptors (Lipinski definition) is 12. The maximum absolute atomic E-state index is 12.7. The van der Waals surface area contributed by atoms with E-state index in [1.807, 2.05) is 0 Å². The van der Waals surface area contributed by atoms with Gasteiger partial charge in [-0.2, -0.15) is 0 Å². The van der Waals surface area contributed by atoms with Crippen LogP contribution in [0.1, 0.15) is 41.5 Å². The Morgan fingerprint density at radius 2 is 1.31 bits per heavy atom. The number of ether oxygens (including phenoxy) is 6. The van der Waals surface area contributed by atoms with Crippen molar-refractivity contribution in [3.8, 4) is 0 Å². The molecule has 14 nitrogen and oxygen atoms in total. The summed E-state index contributed by atoms with van der Waals surface area (Å²) in [6.45, 7) is 7.27. The molecule has 0 saturated carbocycles. The molecule has 0 aliphatic carbocycles. The van der Waals surface area contributed by atoms with E-state index in [-0.39, 0.29) is 5.92 Å². The third-order valence-corrected chi connectivity index (χ3v) is 4.67. The lowest BCUT2D eigenvalue weighted by molar-refractivity contribution is -0.255. The molecular weight excluding hydrogens is 472 g/mol. The molecular formula is C21H32N2O12. The number of carbonyl (C=O) groups excluding carboxylic acids is 6. The van der Waals surface area contributed by atoms with Gasteiger partial charge in [0.2, 0.25) is 0 Å². The first-order chi connectivity index (χ1) is 16.3. The van der Waals surface area contributed by atoms with Crippen molar-refractivity contribution < 1.29 is 57.2 Å². The number of carbonyl (C=O) groups is 6. The molecule has 6 atom stereocenters. The van der Waals surface area contributed by atoms with E-state index in [2.05, 4.69) is 15.4 Å². The normalized spacial score (nSPS) is 24.4. The lowest BCUT2D eigenvalue weighted by Gasteiger charge is -2.44. The highest BCUT2D eigenvalue weighted by atomic mass is 16.7. The van der Waals surface area contributed by atoms with Crippen molar-refractivity contribution in [2.75, 3.05) is 13.7 Å². The van der Waals surface area contributed by atoms with Gasteiger partial charge in [-0.25, -0.2) is 9.59 Å². The molecule has 0 bridgehead atoms. The van der Waals surface area contributed by atoms with Crippen LogP contribution in [0.4, 0.5) is 4.79 Å². The third kappa shape index (κ3) is 9.39. The highest BCUT2D eigenvalue weighted by molar-refractivity contribution is 5.83. The molecule has 1 rings (SSSR count). The van der Waals surface area contributed by atoms with E-state index >= 15 is 0 Å². The predicted octanol–water partition coefficient (Wildman–Crippen LogP) is -0.434. The Labute approximate surface area is 202 Å². The van der Waals surface area contributed by atoms with Crippen LogP contribution >= 0.6 is 0 Å². The molecule has 1 aliphatic rings. The maximum Gasteiger partial charge on any atom is 0.328 e. The van der Waals surface area contributed by atoms with Gasteiger partial charge in [-0.1, -0.05) is 13.8 Å². The van der Waals surface area contributed by atoms with Crippen molar-refractivity contribution >= 4 is 35.9 Å². The van der Waals surface area contributed by atoms with Crippen molar-refractivity contribution in [2.45, 2.75) is 78.2 Å². The molecule has 14 heteroatoms. The minimum absolute atomic E-state index is 0.344. The van der Waals surface area contributed by atoms with E-state index in [1.165, 1.54) is 0 Å². The average Bonchev–Trinajstić information content (AvgIpc) is 2.73. The highest BCUT2D eigenvalue weighted by Gasteiger charge is 2.52. The summed E-state index contributed by atoms with van der Waals surface area (Å²) in [4.78, 5) is 71.4. The lowest BCUT2D eigenvalue weighted by atomic mass is 9.97. The molecule has 2 unspecified atom stereocenters. The number of methoxy groups -OCH3 is 1. The molecule has 1 fully saturated rings. The summed E-state index contributed by atoms with van der Waals surface area (Å²) >= 11 is 0. The van der Waals surface area contributed by atoms with Crippen LogP contribution in [0, 0.1) is 5.92 Å². The van der Waals surface area contributed by atoms with E-state index in [1.54, 1.807) is 13.8 Å². The number of rotatable bonds is 9. The monoisotopic (exact) mass is 504 g/mol. The summed E-state index contributed by atoms with van der Waals surface area (Å²) in [5.74, 6) is -4.14. The fraction of sp³-hybridized carbons (Fsp3) is 0.714. The summed E-state index contributed by atoms with van der Waals surface area (Å²) in [5.41, 5.74) is 0. The Morgan fingerprint density at radius 3 is 1.77 bits per heavy atom. The van der Waals surface area contributed by atoms with Gasteiger partial charge in [0.25, 0.3) is 0 Å². The molecule has 1 aliphatic heterocycles. The van der Waals surface area contributed by atoms with Gasteiger partial charge in [0, 0.05) is 27.7 Å². The first kappa shape index (κ1) is 29.6. The second-order valence-corrected chi connectivity index (χ2v) is 7.98. The molecule has 198 valence electrons. The first-order valence-corrected chi connectivity index (χ1v) is 10.7. The van der Waals surface area contributed by atoms with Gasteiger partial charge in [-0.3, -0.25) is 19.2 Å². The van der Waals surface area contributed by atoms with Gasteiger partial charge in [-0.05, 0) is 5.92 Å². The van der Waals surface area contributed by atoms with Crippen molar-refractivity contribution in [3.63, 3.8) is 0 Å². The standard InChI is InChI=1S/C21H32N2O12/c1-9(2)15(20(28)30-7)22-21(29)23-19-18(34-13(6)27)17(33-12(5)26)16(32-11(4)25)14(35-19)8-31-10(3)24/h9,14-19H,8H2,1-7H3,(H2,22,23,29)/t14?,15-,16+,17-,18?,19+/m0/s1. The molecule has 1 heterocycles. The Kier molecular flexibility index (Phi) is 11.4. The molecule has 0 aromatic carbocycles. The molecule has 1 saturated heterocycles. The SMILES string of the molecule is COC(=O)[C@@H](NC(=O)N[C@@H]1OC(COC(C)=O)[C@@H](OC(C)=O)[C@H](OC(C)=O)C1OC(C)=O)C(C)C. The van der Waals surface area contributed by atoms with E-state index < -0.39 is 79.2 Å². The van der Waals surface area contributed by atoms with Crippen molar-refractivity contribution in [1.82, 2.24) is 10.6 Å². The van der Waals surface area contributed by atoms with Crippen molar-refractivity contribution in [2.24, 2.45) is 5.92 Å². The van der Waals surface area contributed by atoms with Crippen LogP contribution in [-0.2, 0) is 52.4 Å². The van der Waals surface area contributed by atoms with Crippen molar-refractivity contribution in [3.05, 3.63) is 0 Å². The second kappa shape index (κ2) is 13.5. The summed E-state index contributed by atoms with van der Waals surface area (Å²) in [6, 6.07) is -1.93. The first-order valence-electron chi connectivity index (χ1n) is 10.7. The molecule has 35 heavy (non-hydrogen) atoms. The maximum atomic E-state index is 12.7. The van der Waals surface area contributed by atoms with Gasteiger partial charge in [0.05, 0.1) is 7.11 Å². The van der Waals surface area contributed by atoms with E-state index in [9.17, 15) is 28.8 Å². The van der Waals surface area contributed by atoms with Crippen LogP contribution in [0.2, 0.25) is 0 Å². The lowest BCUT2D eigenvalue weighted by Crippen LogP contribution is -2.67. The minimum atomic E-state index is -1.48. The van der Waals surface area contributed by atoms with Gasteiger partial charge in [-0.15, -0.1) is 0 Å². The van der Waals surface area contributed by atoms with E-state index in [0.29, 0.717) is 0 Å². The fourth-order valence-electron chi connectivity index (χ4n) is 3.28. The highest BCUT2D eigenvalue weighted by Crippen LogP contribution is 2.28. The van der Waals surface area contributed by atoms with Gasteiger partial charge in [0.15, 0.2) is 24.5 Å². The number of nitrogens with one attached hydrogen (secondary N) is 2. The largest absolute Gasteiger partial charge is 0.467 e. The predicted molar refractivity (Wildman–Crippen MR) is 114 cm³/mol.